The number of amides is 1. The molecule has 2 N–H and O–H groups in total. The van der Waals surface area contributed by atoms with Crippen LogP contribution in [0.15, 0.2) is 18.2 Å². The van der Waals surface area contributed by atoms with E-state index in [0.717, 1.165) is 23.2 Å². The van der Waals surface area contributed by atoms with Crippen molar-refractivity contribution in [3.8, 4) is 11.5 Å². The Labute approximate surface area is 153 Å². The summed E-state index contributed by atoms with van der Waals surface area (Å²) in [5.74, 6) is 1.06. The first-order valence-corrected chi connectivity index (χ1v) is 8.63. The van der Waals surface area contributed by atoms with Gasteiger partial charge in [-0.3, -0.25) is 9.59 Å². The smallest absolute Gasteiger partial charge is 0.268 e. The van der Waals surface area contributed by atoms with E-state index in [2.05, 4.69) is 10.3 Å². The molecule has 1 aromatic carbocycles. The molecule has 2 rings (SSSR count). The highest BCUT2D eigenvalue weighted by atomic mass is 16.5. The number of aromatic nitrogens is 1. The second kappa shape index (κ2) is 8.56. The third-order valence-electron chi connectivity index (χ3n) is 4.23. The van der Waals surface area contributed by atoms with Crippen LogP contribution in [0.1, 0.15) is 57.9 Å². The molecule has 0 bridgehead atoms. The normalized spacial score (nSPS) is 10.5. The van der Waals surface area contributed by atoms with Crippen LogP contribution in [0.25, 0.3) is 0 Å². The summed E-state index contributed by atoms with van der Waals surface area (Å²) in [5.41, 5.74) is 3.47. The number of carbonyl (C=O) groups is 2. The molecule has 6 heteroatoms. The number of rotatable bonds is 8. The van der Waals surface area contributed by atoms with E-state index in [1.807, 2.05) is 26.0 Å². The summed E-state index contributed by atoms with van der Waals surface area (Å²) in [6.45, 7) is 5.70. The molecule has 6 nitrogen and oxygen atoms in total. The number of nitrogens with one attached hydrogen (secondary N) is 2. The van der Waals surface area contributed by atoms with Gasteiger partial charge in [0.15, 0.2) is 5.78 Å². The van der Waals surface area contributed by atoms with Crippen LogP contribution in [-0.2, 0) is 13.0 Å². The number of hydrogen-bond donors (Lipinski definition) is 2. The topological polar surface area (TPSA) is 80.4 Å². The van der Waals surface area contributed by atoms with Gasteiger partial charge in [0.2, 0.25) is 0 Å². The molecule has 0 radical (unpaired) electrons. The number of aromatic amines is 1. The Bertz CT molecular complexity index is 786. The van der Waals surface area contributed by atoms with Crippen molar-refractivity contribution in [3.05, 3.63) is 46.3 Å². The Morgan fingerprint density at radius 2 is 1.73 bits per heavy atom. The van der Waals surface area contributed by atoms with Crippen molar-refractivity contribution in [2.24, 2.45) is 0 Å². The zero-order valence-corrected chi connectivity index (χ0v) is 16.0. The Balaban J connectivity index is 2.23. The van der Waals surface area contributed by atoms with E-state index in [0.29, 0.717) is 35.7 Å². The van der Waals surface area contributed by atoms with Gasteiger partial charge in [0.05, 0.1) is 14.2 Å². The second-order valence-corrected chi connectivity index (χ2v) is 6.19. The van der Waals surface area contributed by atoms with Crippen LogP contribution in [0, 0.1) is 6.92 Å². The van der Waals surface area contributed by atoms with E-state index in [9.17, 15) is 9.59 Å². The van der Waals surface area contributed by atoms with E-state index in [1.165, 1.54) is 6.92 Å². The summed E-state index contributed by atoms with van der Waals surface area (Å²) >= 11 is 0. The number of aryl methyl sites for hydroxylation is 1. The van der Waals surface area contributed by atoms with Crippen LogP contribution >= 0.6 is 0 Å². The molecule has 0 spiro atoms. The van der Waals surface area contributed by atoms with Gasteiger partial charge in [0.25, 0.3) is 5.91 Å². The summed E-state index contributed by atoms with van der Waals surface area (Å²) in [4.78, 5) is 27.7. The lowest BCUT2D eigenvalue weighted by Gasteiger charge is -2.10. The lowest BCUT2D eigenvalue weighted by molar-refractivity contribution is 0.0945. The molecule has 0 unspecified atom stereocenters. The van der Waals surface area contributed by atoms with Gasteiger partial charge in [-0.15, -0.1) is 0 Å². The molecule has 0 saturated heterocycles. The summed E-state index contributed by atoms with van der Waals surface area (Å²) in [6.07, 6.45) is 1.53. The van der Waals surface area contributed by atoms with Crippen molar-refractivity contribution in [2.75, 3.05) is 14.2 Å². The van der Waals surface area contributed by atoms with E-state index < -0.39 is 0 Å². The molecule has 0 fully saturated rings. The zero-order valence-electron chi connectivity index (χ0n) is 16.0. The number of hydrogen-bond acceptors (Lipinski definition) is 4. The van der Waals surface area contributed by atoms with Crippen molar-refractivity contribution < 1.29 is 19.1 Å². The van der Waals surface area contributed by atoms with Crippen LogP contribution < -0.4 is 14.8 Å². The highest BCUT2D eigenvalue weighted by Crippen LogP contribution is 2.23. The molecule has 26 heavy (non-hydrogen) atoms. The number of methoxy groups -OCH3 is 2. The molecule has 0 aliphatic rings. The zero-order chi connectivity index (χ0) is 19.3. The maximum atomic E-state index is 12.7. The van der Waals surface area contributed by atoms with E-state index in [4.69, 9.17) is 9.47 Å². The molecule has 0 aliphatic heterocycles. The quantitative estimate of drug-likeness (QED) is 0.709. The Hall–Kier alpha value is -2.76. The highest BCUT2D eigenvalue weighted by Gasteiger charge is 2.22. The fourth-order valence-corrected chi connectivity index (χ4v) is 3.09. The molecule has 0 aliphatic carbocycles. The van der Waals surface area contributed by atoms with Crippen LogP contribution in [-0.4, -0.2) is 30.9 Å². The van der Waals surface area contributed by atoms with Crippen LogP contribution in [0.2, 0.25) is 0 Å². The average molecular weight is 358 g/mol. The maximum absolute atomic E-state index is 12.7. The molecule has 1 amide bonds. The molecule has 0 saturated carbocycles. The monoisotopic (exact) mass is 358 g/mol. The van der Waals surface area contributed by atoms with Gasteiger partial charge in [-0.2, -0.15) is 0 Å². The van der Waals surface area contributed by atoms with Gasteiger partial charge in [-0.05, 0) is 43.5 Å². The summed E-state index contributed by atoms with van der Waals surface area (Å²) < 4.78 is 10.5. The van der Waals surface area contributed by atoms with E-state index in [1.54, 1.807) is 20.3 Å². The summed E-state index contributed by atoms with van der Waals surface area (Å²) in [6, 6.07) is 5.46. The van der Waals surface area contributed by atoms with Crippen molar-refractivity contribution in [1.82, 2.24) is 10.3 Å². The van der Waals surface area contributed by atoms with Crippen molar-refractivity contribution in [3.63, 3.8) is 0 Å². The first kappa shape index (κ1) is 19.6. The predicted octanol–water partition coefficient (Wildman–Crippen LogP) is 3.43. The number of Topliss-reactive ketones (excluding diaryl/α,β-unsaturated/α-hetero) is 1. The molecule has 140 valence electrons. The van der Waals surface area contributed by atoms with Gasteiger partial charge in [-0.25, -0.2) is 0 Å². The van der Waals surface area contributed by atoms with Crippen LogP contribution in [0.4, 0.5) is 0 Å². The van der Waals surface area contributed by atoms with Gasteiger partial charge >= 0.3 is 0 Å². The summed E-state index contributed by atoms with van der Waals surface area (Å²) in [7, 11) is 3.16. The molecule has 1 aromatic heterocycles. The third-order valence-corrected chi connectivity index (χ3v) is 4.23. The fourth-order valence-electron chi connectivity index (χ4n) is 3.09. The standard InChI is InChI=1S/C20H26N2O4/c1-6-7-17-18(13(3)23)12(2)22-19(17)20(24)21-11-14-8-15(25-4)10-16(9-14)26-5/h8-10,22H,6-7,11H2,1-5H3,(H,21,24). The minimum Gasteiger partial charge on any atom is -0.497 e. The highest BCUT2D eigenvalue weighted by molar-refractivity contribution is 6.02. The number of carbonyl (C=O) groups excluding carboxylic acids is 2. The number of ether oxygens (including phenoxy) is 2. The van der Waals surface area contributed by atoms with Crippen LogP contribution in [0.5, 0.6) is 11.5 Å². The van der Waals surface area contributed by atoms with Gasteiger partial charge in [-0.1, -0.05) is 13.3 Å². The number of benzene rings is 1. The van der Waals surface area contributed by atoms with Crippen LogP contribution in [0.3, 0.4) is 0 Å². The Kier molecular flexibility index (Phi) is 6.44. The minimum absolute atomic E-state index is 0.0289. The predicted molar refractivity (Wildman–Crippen MR) is 100 cm³/mol. The van der Waals surface area contributed by atoms with E-state index >= 15 is 0 Å². The van der Waals surface area contributed by atoms with Crippen molar-refractivity contribution >= 4 is 11.7 Å². The lowest BCUT2D eigenvalue weighted by atomic mass is 10.0. The molecular weight excluding hydrogens is 332 g/mol. The van der Waals surface area contributed by atoms with Gasteiger partial charge in [0.1, 0.15) is 17.2 Å². The number of ketones is 1. The maximum Gasteiger partial charge on any atom is 0.268 e. The molecule has 2 aromatic rings. The van der Waals surface area contributed by atoms with E-state index in [-0.39, 0.29) is 11.7 Å². The molecular formula is C20H26N2O4. The average Bonchev–Trinajstić information content (AvgIpc) is 2.96. The van der Waals surface area contributed by atoms with Crippen molar-refractivity contribution in [2.45, 2.75) is 40.2 Å². The summed E-state index contributed by atoms with van der Waals surface area (Å²) in [5, 5.41) is 2.90. The van der Waals surface area contributed by atoms with Gasteiger partial charge in [0, 0.05) is 23.9 Å². The first-order valence-electron chi connectivity index (χ1n) is 8.63. The van der Waals surface area contributed by atoms with Crippen molar-refractivity contribution in [1.29, 1.82) is 0 Å². The SMILES string of the molecule is CCCc1c(C(=O)NCc2cc(OC)cc(OC)c2)[nH]c(C)c1C(C)=O. The second-order valence-electron chi connectivity index (χ2n) is 6.19. The Morgan fingerprint density at radius 3 is 2.23 bits per heavy atom. The fraction of sp³-hybridized carbons (Fsp3) is 0.400. The third kappa shape index (κ3) is 4.25. The minimum atomic E-state index is -0.231. The van der Waals surface area contributed by atoms with Gasteiger partial charge < -0.3 is 19.8 Å². The Morgan fingerprint density at radius 1 is 1.12 bits per heavy atom. The first-order chi connectivity index (χ1) is 12.4. The molecule has 1 heterocycles. The number of H-pyrrole nitrogens is 1. The lowest BCUT2D eigenvalue weighted by Crippen LogP contribution is -2.24. The molecule has 0 atom stereocenters. The largest absolute Gasteiger partial charge is 0.497 e.